The second-order valence-electron chi connectivity index (χ2n) is 5.90. The smallest absolute Gasteiger partial charge is 0.191 e. The van der Waals surface area contributed by atoms with Gasteiger partial charge >= 0.3 is 0 Å². The van der Waals surface area contributed by atoms with Crippen molar-refractivity contribution in [2.45, 2.75) is 46.0 Å². The van der Waals surface area contributed by atoms with Crippen LogP contribution in [0.3, 0.4) is 0 Å². The zero-order valence-electron chi connectivity index (χ0n) is 14.4. The van der Waals surface area contributed by atoms with Gasteiger partial charge in [0, 0.05) is 44.6 Å². The summed E-state index contributed by atoms with van der Waals surface area (Å²) in [7, 11) is 0. The van der Waals surface area contributed by atoms with Crippen molar-refractivity contribution in [1.82, 2.24) is 15.6 Å². The van der Waals surface area contributed by atoms with Crippen LogP contribution in [0.25, 0.3) is 0 Å². The molecule has 1 aliphatic rings. The Morgan fingerprint density at radius 1 is 1.39 bits per heavy atom. The Labute approximate surface area is 144 Å². The minimum Gasteiger partial charge on any atom is -0.381 e. The first-order valence-electron chi connectivity index (χ1n) is 8.85. The van der Waals surface area contributed by atoms with E-state index in [4.69, 9.17) is 4.74 Å². The third kappa shape index (κ3) is 7.79. The molecule has 2 N–H and O–H groups in total. The third-order valence-corrected chi connectivity index (χ3v) is 4.73. The number of guanidine groups is 1. The van der Waals surface area contributed by atoms with Crippen molar-refractivity contribution in [3.63, 3.8) is 0 Å². The van der Waals surface area contributed by atoms with Gasteiger partial charge < -0.3 is 15.4 Å². The lowest BCUT2D eigenvalue weighted by Crippen LogP contribution is -2.38. The van der Waals surface area contributed by atoms with Crippen molar-refractivity contribution >= 4 is 17.3 Å². The second-order valence-corrected chi connectivity index (χ2v) is 6.84. The fourth-order valence-corrected chi connectivity index (χ4v) is 2.95. The van der Waals surface area contributed by atoms with Gasteiger partial charge in [-0.15, -0.1) is 11.3 Å². The van der Waals surface area contributed by atoms with Gasteiger partial charge in [-0.1, -0.05) is 6.92 Å². The molecule has 0 spiro atoms. The second kappa shape index (κ2) is 10.6. The Hall–Kier alpha value is -1.14. The molecular weight excluding hydrogens is 308 g/mol. The number of rotatable bonds is 11. The molecule has 0 amide bonds. The van der Waals surface area contributed by atoms with Crippen molar-refractivity contribution in [2.75, 3.05) is 32.8 Å². The van der Waals surface area contributed by atoms with Gasteiger partial charge in [-0.05, 0) is 38.5 Å². The van der Waals surface area contributed by atoms with Gasteiger partial charge in [0.05, 0.1) is 10.7 Å². The van der Waals surface area contributed by atoms with E-state index in [1.807, 2.05) is 0 Å². The number of nitrogens with one attached hydrogen (secondary N) is 2. The number of hydrogen-bond acceptors (Lipinski definition) is 4. The van der Waals surface area contributed by atoms with Crippen molar-refractivity contribution < 1.29 is 4.74 Å². The molecule has 5 nitrogen and oxygen atoms in total. The van der Waals surface area contributed by atoms with Gasteiger partial charge in [0.1, 0.15) is 0 Å². The van der Waals surface area contributed by atoms with Crippen LogP contribution in [0.15, 0.2) is 10.4 Å². The van der Waals surface area contributed by atoms with E-state index in [-0.39, 0.29) is 0 Å². The van der Waals surface area contributed by atoms with Gasteiger partial charge in [0.15, 0.2) is 5.96 Å². The van der Waals surface area contributed by atoms with Crippen LogP contribution in [-0.4, -0.2) is 43.8 Å². The number of nitrogens with zero attached hydrogens (tertiary/aromatic N) is 2. The normalized spacial score (nSPS) is 15.0. The van der Waals surface area contributed by atoms with E-state index in [9.17, 15) is 0 Å². The van der Waals surface area contributed by atoms with Crippen LogP contribution in [0.4, 0.5) is 0 Å². The molecule has 0 radical (unpaired) electrons. The van der Waals surface area contributed by atoms with Crippen molar-refractivity contribution in [3.05, 3.63) is 16.1 Å². The molecule has 130 valence electrons. The average molecular weight is 339 g/mol. The molecule has 1 aromatic rings. The highest BCUT2D eigenvalue weighted by molar-refractivity contribution is 7.09. The van der Waals surface area contributed by atoms with Crippen LogP contribution >= 0.6 is 11.3 Å². The summed E-state index contributed by atoms with van der Waals surface area (Å²) in [4.78, 5) is 9.18. The molecule has 6 heteroatoms. The van der Waals surface area contributed by atoms with Crippen LogP contribution in [0.5, 0.6) is 0 Å². The molecule has 2 rings (SSSR count). The van der Waals surface area contributed by atoms with E-state index in [1.165, 1.54) is 23.5 Å². The Bertz CT molecular complexity index is 471. The zero-order chi connectivity index (χ0) is 16.3. The Morgan fingerprint density at radius 2 is 2.26 bits per heavy atom. The van der Waals surface area contributed by atoms with E-state index in [1.54, 1.807) is 11.3 Å². The van der Waals surface area contributed by atoms with E-state index >= 15 is 0 Å². The van der Waals surface area contributed by atoms with E-state index in [2.05, 4.69) is 39.8 Å². The van der Waals surface area contributed by atoms with Crippen LogP contribution in [0, 0.1) is 5.92 Å². The molecule has 23 heavy (non-hydrogen) atoms. The van der Waals surface area contributed by atoms with E-state index < -0.39 is 0 Å². The van der Waals surface area contributed by atoms with Crippen LogP contribution in [0.1, 0.15) is 43.8 Å². The number of ether oxygens (including phenoxy) is 1. The molecule has 1 aliphatic carbocycles. The lowest BCUT2D eigenvalue weighted by molar-refractivity contribution is 0.123. The van der Waals surface area contributed by atoms with E-state index in [0.29, 0.717) is 0 Å². The number of thiazole rings is 1. The largest absolute Gasteiger partial charge is 0.381 e. The summed E-state index contributed by atoms with van der Waals surface area (Å²) in [5.74, 6) is 1.73. The predicted octanol–water partition coefficient (Wildman–Crippen LogP) is 2.62. The maximum atomic E-state index is 5.63. The van der Waals surface area contributed by atoms with Crippen LogP contribution in [0.2, 0.25) is 0 Å². The summed E-state index contributed by atoms with van der Waals surface area (Å²) in [5.41, 5.74) is 1.17. The summed E-state index contributed by atoms with van der Waals surface area (Å²) in [6.07, 6.45) is 5.64. The van der Waals surface area contributed by atoms with Crippen molar-refractivity contribution in [3.8, 4) is 0 Å². The zero-order valence-corrected chi connectivity index (χ0v) is 15.3. The summed E-state index contributed by atoms with van der Waals surface area (Å²) in [6.45, 7) is 8.52. The average Bonchev–Trinajstić information content (AvgIpc) is 3.27. The molecule has 1 saturated carbocycles. The van der Waals surface area contributed by atoms with Gasteiger partial charge in [-0.25, -0.2) is 4.98 Å². The van der Waals surface area contributed by atoms with Gasteiger partial charge in [-0.2, -0.15) is 0 Å². The quantitative estimate of drug-likeness (QED) is 0.370. The fraction of sp³-hybridized carbons (Fsp3) is 0.765. The van der Waals surface area contributed by atoms with Gasteiger partial charge in [-0.3, -0.25) is 4.99 Å². The number of aryl methyl sites for hydroxylation is 1. The summed E-state index contributed by atoms with van der Waals surface area (Å²) >= 11 is 1.75. The SMILES string of the molecule is CCNC(=NCCCOCC1CC1)NCCc1csc(CC)n1. The highest BCUT2D eigenvalue weighted by Crippen LogP contribution is 2.28. The predicted molar refractivity (Wildman–Crippen MR) is 97.3 cm³/mol. The summed E-state index contributed by atoms with van der Waals surface area (Å²) in [5, 5.41) is 10.0. The first-order chi connectivity index (χ1) is 11.3. The number of aromatic nitrogens is 1. The van der Waals surface area contributed by atoms with Gasteiger partial charge in [0.2, 0.25) is 0 Å². The maximum absolute atomic E-state index is 5.63. The lowest BCUT2D eigenvalue weighted by atomic mass is 10.3. The summed E-state index contributed by atoms with van der Waals surface area (Å²) in [6, 6.07) is 0. The Balaban J connectivity index is 1.59. The number of aliphatic imine (C=N–C) groups is 1. The molecule has 1 fully saturated rings. The molecule has 1 heterocycles. The topological polar surface area (TPSA) is 58.5 Å². The molecule has 0 unspecified atom stereocenters. The first kappa shape index (κ1) is 18.2. The first-order valence-corrected chi connectivity index (χ1v) is 9.73. The highest BCUT2D eigenvalue weighted by Gasteiger charge is 2.20. The molecule has 0 aliphatic heterocycles. The molecule has 0 atom stereocenters. The molecule has 0 saturated heterocycles. The van der Waals surface area contributed by atoms with Crippen LogP contribution < -0.4 is 10.6 Å². The van der Waals surface area contributed by atoms with Crippen molar-refractivity contribution in [1.29, 1.82) is 0 Å². The fourth-order valence-electron chi connectivity index (χ4n) is 2.17. The minimum absolute atomic E-state index is 0.802. The standard InChI is InChI=1S/C17H30N4OS/c1-3-16-21-15(13-23-16)8-10-20-17(18-4-2)19-9-5-11-22-12-14-6-7-14/h13-14H,3-12H2,1-2H3,(H2,18,19,20). The third-order valence-electron chi connectivity index (χ3n) is 3.69. The van der Waals surface area contributed by atoms with Crippen molar-refractivity contribution in [2.24, 2.45) is 10.9 Å². The lowest BCUT2D eigenvalue weighted by Gasteiger charge is -2.10. The molecule has 0 bridgehead atoms. The highest BCUT2D eigenvalue weighted by atomic mass is 32.1. The minimum atomic E-state index is 0.802. The Kier molecular flexibility index (Phi) is 8.39. The molecule has 1 aromatic heterocycles. The number of hydrogen-bond donors (Lipinski definition) is 2. The van der Waals surface area contributed by atoms with Crippen LogP contribution in [-0.2, 0) is 17.6 Å². The maximum Gasteiger partial charge on any atom is 0.191 e. The monoisotopic (exact) mass is 338 g/mol. The molecular formula is C17H30N4OS. The van der Waals surface area contributed by atoms with Gasteiger partial charge in [0.25, 0.3) is 0 Å². The Morgan fingerprint density at radius 3 is 2.96 bits per heavy atom. The molecule has 0 aromatic carbocycles. The summed E-state index contributed by atoms with van der Waals surface area (Å²) < 4.78 is 5.63. The van der Waals surface area contributed by atoms with E-state index in [0.717, 1.165) is 64.0 Å².